The Bertz CT molecular complexity index is 679. The Balaban J connectivity index is 1.95. The minimum absolute atomic E-state index is 0.245. The number of hydrogen-bond donors (Lipinski definition) is 1. The van der Waals surface area contributed by atoms with Crippen LogP contribution < -0.4 is 10.1 Å². The maximum atomic E-state index is 13.6. The van der Waals surface area contributed by atoms with E-state index in [9.17, 15) is 4.39 Å². The molecule has 0 heterocycles. The fourth-order valence-electron chi connectivity index (χ4n) is 2.26. The lowest BCUT2D eigenvalue weighted by atomic mass is 10.1. The number of nitrogens with one attached hydrogen (secondary N) is 1. The molecule has 0 aromatic heterocycles. The predicted octanol–water partition coefficient (Wildman–Crippen LogP) is 3.27. The van der Waals surface area contributed by atoms with E-state index in [0.29, 0.717) is 18.7 Å². The standard InChI is InChI=1S/C19H20FNO2/c1-3-10-23-19-7-5-4-6-16(19)13-21-12-15-8-9-18(20)17(11-15)14-22-2/h1,4-9,11,21H,10,12-14H2,2H3. The molecule has 0 amide bonds. The quantitative estimate of drug-likeness (QED) is 0.759. The molecule has 23 heavy (non-hydrogen) atoms. The number of ether oxygens (including phenoxy) is 2. The van der Waals surface area contributed by atoms with Gasteiger partial charge in [-0.2, -0.15) is 0 Å². The van der Waals surface area contributed by atoms with Crippen molar-refractivity contribution in [2.45, 2.75) is 19.7 Å². The van der Waals surface area contributed by atoms with Gasteiger partial charge in [0.1, 0.15) is 18.2 Å². The average Bonchev–Trinajstić information content (AvgIpc) is 2.57. The lowest BCUT2D eigenvalue weighted by Gasteiger charge is -2.11. The van der Waals surface area contributed by atoms with Crippen molar-refractivity contribution < 1.29 is 13.9 Å². The molecule has 0 spiro atoms. The van der Waals surface area contributed by atoms with Gasteiger partial charge in [-0.1, -0.05) is 30.2 Å². The van der Waals surface area contributed by atoms with E-state index in [1.807, 2.05) is 30.3 Å². The molecule has 2 rings (SSSR count). The van der Waals surface area contributed by atoms with Crippen LogP contribution in [0, 0.1) is 18.2 Å². The maximum Gasteiger partial charge on any atom is 0.148 e. The molecule has 0 radical (unpaired) electrons. The number of benzene rings is 2. The molecule has 0 unspecified atom stereocenters. The molecule has 0 aliphatic heterocycles. The van der Waals surface area contributed by atoms with Crippen LogP contribution in [-0.2, 0) is 24.4 Å². The Morgan fingerprint density at radius 1 is 1.13 bits per heavy atom. The molecule has 0 bridgehead atoms. The van der Waals surface area contributed by atoms with Gasteiger partial charge >= 0.3 is 0 Å². The van der Waals surface area contributed by atoms with Crippen molar-refractivity contribution in [3.63, 3.8) is 0 Å². The summed E-state index contributed by atoms with van der Waals surface area (Å²) < 4.78 is 24.1. The first kappa shape index (κ1) is 17.0. The minimum Gasteiger partial charge on any atom is -0.481 e. The van der Waals surface area contributed by atoms with Crippen LogP contribution in [0.4, 0.5) is 4.39 Å². The van der Waals surface area contributed by atoms with Crippen LogP contribution in [0.15, 0.2) is 42.5 Å². The Hall–Kier alpha value is -2.35. The van der Waals surface area contributed by atoms with Crippen molar-refractivity contribution in [3.8, 4) is 18.1 Å². The highest BCUT2D eigenvalue weighted by Gasteiger charge is 2.05. The molecule has 0 aliphatic rings. The normalized spacial score (nSPS) is 10.3. The van der Waals surface area contributed by atoms with Crippen LogP contribution in [0.25, 0.3) is 0 Å². The van der Waals surface area contributed by atoms with Gasteiger partial charge in [-0.05, 0) is 23.8 Å². The third-order valence-corrected chi connectivity index (χ3v) is 3.34. The molecule has 0 fully saturated rings. The molecule has 4 heteroatoms. The average molecular weight is 313 g/mol. The Labute approximate surface area is 136 Å². The molecule has 2 aromatic rings. The SMILES string of the molecule is C#CCOc1ccccc1CNCc1ccc(F)c(COC)c1. The number of terminal acetylenes is 1. The first-order valence-electron chi connectivity index (χ1n) is 7.35. The van der Waals surface area contributed by atoms with E-state index in [1.54, 1.807) is 13.2 Å². The van der Waals surface area contributed by atoms with Crippen LogP contribution >= 0.6 is 0 Å². The second-order valence-corrected chi connectivity index (χ2v) is 5.06. The first-order chi connectivity index (χ1) is 11.2. The lowest BCUT2D eigenvalue weighted by molar-refractivity contribution is 0.181. The van der Waals surface area contributed by atoms with E-state index in [4.69, 9.17) is 15.9 Å². The maximum absolute atomic E-state index is 13.6. The predicted molar refractivity (Wildman–Crippen MR) is 88.4 cm³/mol. The molecule has 0 saturated heterocycles. The molecule has 2 aromatic carbocycles. The van der Waals surface area contributed by atoms with Crippen molar-refractivity contribution >= 4 is 0 Å². The van der Waals surface area contributed by atoms with Gasteiger partial charge in [0, 0.05) is 31.3 Å². The lowest BCUT2D eigenvalue weighted by Crippen LogP contribution is -2.14. The largest absolute Gasteiger partial charge is 0.481 e. The van der Waals surface area contributed by atoms with Gasteiger partial charge in [0.05, 0.1) is 6.61 Å². The van der Waals surface area contributed by atoms with E-state index in [2.05, 4.69) is 11.2 Å². The second-order valence-electron chi connectivity index (χ2n) is 5.06. The summed E-state index contributed by atoms with van der Waals surface area (Å²) in [7, 11) is 1.55. The molecule has 0 saturated carbocycles. The fraction of sp³-hybridized carbons (Fsp3) is 0.263. The zero-order valence-corrected chi connectivity index (χ0v) is 13.1. The van der Waals surface area contributed by atoms with Gasteiger partial charge in [0.25, 0.3) is 0 Å². The Morgan fingerprint density at radius 3 is 2.74 bits per heavy atom. The van der Waals surface area contributed by atoms with Gasteiger partial charge in [0.2, 0.25) is 0 Å². The highest BCUT2D eigenvalue weighted by molar-refractivity contribution is 5.33. The summed E-state index contributed by atoms with van der Waals surface area (Å²) in [5, 5.41) is 3.33. The molecule has 120 valence electrons. The van der Waals surface area contributed by atoms with Crippen molar-refractivity contribution in [1.82, 2.24) is 5.32 Å². The summed E-state index contributed by atoms with van der Waals surface area (Å²) >= 11 is 0. The van der Waals surface area contributed by atoms with Crippen LogP contribution in [0.2, 0.25) is 0 Å². The van der Waals surface area contributed by atoms with E-state index < -0.39 is 0 Å². The van der Waals surface area contributed by atoms with Gasteiger partial charge < -0.3 is 14.8 Å². The van der Waals surface area contributed by atoms with E-state index in [1.165, 1.54) is 6.07 Å². The molecular weight excluding hydrogens is 293 g/mol. The summed E-state index contributed by atoms with van der Waals surface area (Å²) in [6.45, 7) is 1.77. The monoisotopic (exact) mass is 313 g/mol. The van der Waals surface area contributed by atoms with Gasteiger partial charge in [0.15, 0.2) is 0 Å². The number of rotatable bonds is 8. The highest BCUT2D eigenvalue weighted by Crippen LogP contribution is 2.18. The smallest absolute Gasteiger partial charge is 0.148 e. The molecular formula is C19H20FNO2. The van der Waals surface area contributed by atoms with Crippen molar-refractivity contribution in [3.05, 3.63) is 65.0 Å². The van der Waals surface area contributed by atoms with Gasteiger partial charge in [-0.25, -0.2) is 4.39 Å². The van der Waals surface area contributed by atoms with Crippen LogP contribution in [0.5, 0.6) is 5.75 Å². The third-order valence-electron chi connectivity index (χ3n) is 3.34. The summed E-state index contributed by atoms with van der Waals surface area (Å²) in [5.74, 6) is 2.99. The Morgan fingerprint density at radius 2 is 1.96 bits per heavy atom. The van der Waals surface area contributed by atoms with E-state index in [-0.39, 0.29) is 19.0 Å². The first-order valence-corrected chi connectivity index (χ1v) is 7.35. The summed E-state index contributed by atoms with van der Waals surface area (Å²) in [6, 6.07) is 12.8. The zero-order valence-electron chi connectivity index (χ0n) is 13.1. The molecule has 3 nitrogen and oxygen atoms in total. The third kappa shape index (κ3) is 5.10. The summed E-state index contributed by atoms with van der Waals surface area (Å²) in [5.41, 5.74) is 2.59. The van der Waals surface area contributed by atoms with Crippen LogP contribution in [0.1, 0.15) is 16.7 Å². The number of halogens is 1. The Kier molecular flexibility index (Phi) is 6.61. The number of para-hydroxylation sites is 1. The highest BCUT2D eigenvalue weighted by atomic mass is 19.1. The van der Waals surface area contributed by atoms with E-state index >= 15 is 0 Å². The van der Waals surface area contributed by atoms with Crippen molar-refractivity contribution in [1.29, 1.82) is 0 Å². The molecule has 0 atom stereocenters. The zero-order chi connectivity index (χ0) is 16.5. The van der Waals surface area contributed by atoms with Gasteiger partial charge in [-0.15, -0.1) is 6.42 Å². The number of methoxy groups -OCH3 is 1. The van der Waals surface area contributed by atoms with Crippen LogP contribution in [-0.4, -0.2) is 13.7 Å². The van der Waals surface area contributed by atoms with Crippen LogP contribution in [0.3, 0.4) is 0 Å². The second kappa shape index (κ2) is 8.94. The topological polar surface area (TPSA) is 30.5 Å². The summed E-state index contributed by atoms with van der Waals surface area (Å²) in [6.07, 6.45) is 5.22. The van der Waals surface area contributed by atoms with Crippen molar-refractivity contribution in [2.75, 3.05) is 13.7 Å². The van der Waals surface area contributed by atoms with Gasteiger partial charge in [-0.3, -0.25) is 0 Å². The fourth-order valence-corrected chi connectivity index (χ4v) is 2.26. The summed E-state index contributed by atoms with van der Waals surface area (Å²) in [4.78, 5) is 0. The minimum atomic E-state index is -0.247. The van der Waals surface area contributed by atoms with Crippen molar-refractivity contribution in [2.24, 2.45) is 0 Å². The number of hydrogen-bond acceptors (Lipinski definition) is 3. The molecule has 0 aliphatic carbocycles. The van der Waals surface area contributed by atoms with E-state index in [0.717, 1.165) is 16.9 Å². The molecule has 1 N–H and O–H groups in total.